The van der Waals surface area contributed by atoms with E-state index in [4.69, 9.17) is 0 Å². The first kappa shape index (κ1) is 23.7. The van der Waals surface area contributed by atoms with Gasteiger partial charge in [-0.15, -0.1) is 11.8 Å². The van der Waals surface area contributed by atoms with Gasteiger partial charge in [-0.3, -0.25) is 4.79 Å². The maximum atomic E-state index is 11.1. The minimum atomic E-state index is -0.896. The maximum Gasteiger partial charge on any atom is 0.305 e. The van der Waals surface area contributed by atoms with Crippen LogP contribution in [0.4, 0.5) is 0 Å². The van der Waals surface area contributed by atoms with Crippen LogP contribution in [0.15, 0.2) is 12.2 Å². The van der Waals surface area contributed by atoms with Crippen LogP contribution < -0.4 is 0 Å². The van der Waals surface area contributed by atoms with Crippen LogP contribution in [0, 0.1) is 23.7 Å². The Morgan fingerprint density at radius 3 is 2.63 bits per heavy atom. The van der Waals surface area contributed by atoms with Crippen LogP contribution in [0.5, 0.6) is 0 Å². The number of carbonyl (C=O) groups is 1. The Labute approximate surface area is 163 Å². The van der Waals surface area contributed by atoms with Gasteiger partial charge in [-0.2, -0.15) is 0 Å². The molecule has 5 heteroatoms. The first-order chi connectivity index (χ1) is 12.8. The van der Waals surface area contributed by atoms with Crippen molar-refractivity contribution < 1.29 is 24.9 Å². The number of methoxy groups -OCH3 is 1. The molecule has 1 rings (SSSR count). The van der Waals surface area contributed by atoms with Gasteiger partial charge in [0.1, 0.15) is 0 Å². The summed E-state index contributed by atoms with van der Waals surface area (Å²) in [6.07, 6.45) is 8.69. The predicted octanol–water partition coefficient (Wildman–Crippen LogP) is 2.97. The zero-order valence-corrected chi connectivity index (χ0v) is 17.0. The lowest BCUT2D eigenvalue weighted by atomic mass is 9.88. The van der Waals surface area contributed by atoms with Crippen molar-refractivity contribution in [3.63, 3.8) is 0 Å². The van der Waals surface area contributed by atoms with Crippen molar-refractivity contribution in [2.45, 2.75) is 89.4 Å². The molecule has 0 aromatic heterocycles. The Kier molecular flexibility index (Phi) is 10.7. The molecule has 0 unspecified atom stereocenters. The Bertz CT molecular complexity index is 529. The summed E-state index contributed by atoms with van der Waals surface area (Å²) in [5.41, 5.74) is -0.896. The standard InChI is InChI=1S/C22H36O5/c1-4-5-10-14-22(2,26)15-13-18-17(19(23)16-20(18)24)11-8-6-7-9-12-21(25)27-3/h13,15,17-20,23-24,26H,4-5,7,9-12,14,16H2,1-3H3/b15-13+/t17-,18-,19+,20-,22+/m1/s1. The molecule has 3 N–H and O–H groups in total. The molecular weight excluding hydrogens is 344 g/mol. The van der Waals surface area contributed by atoms with E-state index in [9.17, 15) is 20.1 Å². The predicted molar refractivity (Wildman–Crippen MR) is 106 cm³/mol. The topological polar surface area (TPSA) is 87.0 Å². The molecule has 1 aliphatic carbocycles. The molecule has 0 bridgehead atoms. The number of ether oxygens (including phenoxy) is 1. The van der Waals surface area contributed by atoms with Gasteiger partial charge in [0.05, 0.1) is 24.9 Å². The fraction of sp³-hybridized carbons (Fsp3) is 0.773. The molecule has 0 radical (unpaired) electrons. The molecule has 5 atom stereocenters. The number of aliphatic hydroxyl groups is 3. The van der Waals surface area contributed by atoms with E-state index in [2.05, 4.69) is 23.5 Å². The highest BCUT2D eigenvalue weighted by Crippen LogP contribution is 2.36. The summed E-state index contributed by atoms with van der Waals surface area (Å²) in [7, 11) is 1.37. The normalized spacial score (nSPS) is 27.2. The molecule has 1 aliphatic rings. The average Bonchev–Trinajstić information content (AvgIpc) is 2.89. The zero-order valence-electron chi connectivity index (χ0n) is 17.0. The van der Waals surface area contributed by atoms with Crippen LogP contribution in [0.2, 0.25) is 0 Å². The molecule has 1 saturated carbocycles. The second-order valence-corrected chi connectivity index (χ2v) is 7.77. The minimum absolute atomic E-state index is 0.143. The lowest BCUT2D eigenvalue weighted by molar-refractivity contribution is -0.140. The van der Waals surface area contributed by atoms with Gasteiger partial charge in [0.15, 0.2) is 0 Å². The van der Waals surface area contributed by atoms with Crippen LogP contribution in [0.3, 0.4) is 0 Å². The number of carbonyl (C=O) groups excluding carboxylic acids is 1. The van der Waals surface area contributed by atoms with Gasteiger partial charge in [0.25, 0.3) is 0 Å². The van der Waals surface area contributed by atoms with E-state index in [1.807, 2.05) is 6.08 Å². The number of unbranched alkanes of at least 4 members (excludes halogenated alkanes) is 3. The van der Waals surface area contributed by atoms with Gasteiger partial charge in [0.2, 0.25) is 0 Å². The highest BCUT2D eigenvalue weighted by atomic mass is 16.5. The minimum Gasteiger partial charge on any atom is -0.469 e. The average molecular weight is 381 g/mol. The first-order valence-corrected chi connectivity index (χ1v) is 10.1. The van der Waals surface area contributed by atoms with Crippen molar-refractivity contribution in [2.24, 2.45) is 11.8 Å². The van der Waals surface area contributed by atoms with Crippen molar-refractivity contribution in [1.82, 2.24) is 0 Å². The summed E-state index contributed by atoms with van der Waals surface area (Å²) in [6, 6.07) is 0. The van der Waals surface area contributed by atoms with Crippen LogP contribution in [0.25, 0.3) is 0 Å². The van der Waals surface area contributed by atoms with Gasteiger partial charge in [-0.05, 0) is 19.8 Å². The fourth-order valence-electron chi connectivity index (χ4n) is 3.50. The quantitative estimate of drug-likeness (QED) is 0.235. The van der Waals surface area contributed by atoms with Crippen molar-refractivity contribution in [2.75, 3.05) is 7.11 Å². The zero-order chi connectivity index (χ0) is 20.3. The molecule has 0 saturated heterocycles. The van der Waals surface area contributed by atoms with Crippen LogP contribution >= 0.6 is 0 Å². The number of aliphatic hydroxyl groups excluding tert-OH is 2. The van der Waals surface area contributed by atoms with E-state index in [1.165, 1.54) is 7.11 Å². The van der Waals surface area contributed by atoms with Crippen LogP contribution in [-0.2, 0) is 9.53 Å². The smallest absolute Gasteiger partial charge is 0.305 e. The molecule has 0 aromatic carbocycles. The highest BCUT2D eigenvalue weighted by Gasteiger charge is 2.40. The van der Waals surface area contributed by atoms with Gasteiger partial charge < -0.3 is 20.1 Å². The number of esters is 1. The third-order valence-corrected chi connectivity index (χ3v) is 5.25. The monoisotopic (exact) mass is 380 g/mol. The Morgan fingerprint density at radius 1 is 1.22 bits per heavy atom. The number of hydrogen-bond acceptors (Lipinski definition) is 5. The molecule has 27 heavy (non-hydrogen) atoms. The largest absolute Gasteiger partial charge is 0.469 e. The summed E-state index contributed by atoms with van der Waals surface area (Å²) in [5, 5.41) is 31.0. The highest BCUT2D eigenvalue weighted by molar-refractivity contribution is 5.69. The van der Waals surface area contributed by atoms with Gasteiger partial charge in [-0.25, -0.2) is 0 Å². The molecule has 0 aromatic rings. The lowest BCUT2D eigenvalue weighted by Crippen LogP contribution is -2.24. The SMILES string of the molecule is CCCCC[C@](C)(O)/C=C/[C@@H]1[C@@H](CC#CCCCC(=O)OC)[C@@H](O)C[C@H]1O. The van der Waals surface area contributed by atoms with Crippen molar-refractivity contribution in [3.05, 3.63) is 12.2 Å². The molecule has 0 heterocycles. The van der Waals surface area contributed by atoms with E-state index in [1.54, 1.807) is 13.0 Å². The summed E-state index contributed by atoms with van der Waals surface area (Å²) < 4.78 is 4.59. The molecule has 0 amide bonds. The fourth-order valence-corrected chi connectivity index (χ4v) is 3.50. The Morgan fingerprint density at radius 2 is 1.96 bits per heavy atom. The van der Waals surface area contributed by atoms with E-state index in [0.29, 0.717) is 38.5 Å². The molecule has 0 spiro atoms. The van der Waals surface area contributed by atoms with Crippen molar-refractivity contribution in [3.8, 4) is 11.8 Å². The number of rotatable bonds is 10. The summed E-state index contributed by atoms with van der Waals surface area (Å²) in [6.45, 7) is 3.91. The van der Waals surface area contributed by atoms with E-state index in [-0.39, 0.29) is 17.8 Å². The summed E-state index contributed by atoms with van der Waals surface area (Å²) in [4.78, 5) is 11.1. The molecule has 0 aliphatic heterocycles. The van der Waals surface area contributed by atoms with E-state index >= 15 is 0 Å². The molecule has 154 valence electrons. The van der Waals surface area contributed by atoms with Crippen LogP contribution in [0.1, 0.15) is 71.6 Å². The third-order valence-electron chi connectivity index (χ3n) is 5.25. The first-order valence-electron chi connectivity index (χ1n) is 10.1. The van der Waals surface area contributed by atoms with Crippen molar-refractivity contribution in [1.29, 1.82) is 0 Å². The third kappa shape index (κ3) is 8.92. The van der Waals surface area contributed by atoms with Gasteiger partial charge in [0, 0.05) is 37.5 Å². The van der Waals surface area contributed by atoms with Crippen molar-refractivity contribution >= 4 is 5.97 Å². The second-order valence-electron chi connectivity index (χ2n) is 7.77. The molecule has 1 fully saturated rings. The summed E-state index contributed by atoms with van der Waals surface area (Å²) in [5.74, 6) is 5.52. The number of hydrogen-bond donors (Lipinski definition) is 3. The maximum absolute atomic E-state index is 11.1. The lowest BCUT2D eigenvalue weighted by Gasteiger charge is -2.22. The summed E-state index contributed by atoms with van der Waals surface area (Å²) >= 11 is 0. The Balaban J connectivity index is 2.57. The molecule has 5 nitrogen and oxygen atoms in total. The van der Waals surface area contributed by atoms with E-state index in [0.717, 1.165) is 19.3 Å². The van der Waals surface area contributed by atoms with Gasteiger partial charge in [-0.1, -0.05) is 38.3 Å². The van der Waals surface area contributed by atoms with Crippen LogP contribution in [-0.4, -0.2) is 46.2 Å². The van der Waals surface area contributed by atoms with Gasteiger partial charge >= 0.3 is 5.97 Å². The molecular formula is C22H36O5. The second kappa shape index (κ2) is 12.2. The Hall–Kier alpha value is -1.35. The van der Waals surface area contributed by atoms with E-state index < -0.39 is 17.8 Å².